The molecule has 2 rings (SSSR count). The number of rotatable bonds is 3. The molecule has 0 bridgehead atoms. The summed E-state index contributed by atoms with van der Waals surface area (Å²) in [7, 11) is 0. The molecule has 1 heterocycles. The molecule has 4 heteroatoms. The van der Waals surface area contributed by atoms with Gasteiger partial charge in [0.1, 0.15) is 0 Å². The standard InChI is InChI=1S/C10H18N4/c11-13-12-5-6-14-7-9-3-1-2-4-10(9)8-14/h9-10H,1-8H2. The van der Waals surface area contributed by atoms with Crippen LogP contribution in [0.25, 0.3) is 10.4 Å². The molecule has 0 aromatic heterocycles. The summed E-state index contributed by atoms with van der Waals surface area (Å²) >= 11 is 0. The van der Waals surface area contributed by atoms with E-state index in [1.54, 1.807) is 0 Å². The fourth-order valence-corrected chi connectivity index (χ4v) is 2.92. The minimum Gasteiger partial charge on any atom is -0.303 e. The van der Waals surface area contributed by atoms with Gasteiger partial charge in [0.2, 0.25) is 0 Å². The van der Waals surface area contributed by atoms with Crippen molar-refractivity contribution in [3.05, 3.63) is 10.4 Å². The molecule has 0 spiro atoms. The van der Waals surface area contributed by atoms with Gasteiger partial charge < -0.3 is 4.90 Å². The van der Waals surface area contributed by atoms with Crippen LogP contribution >= 0.6 is 0 Å². The number of hydrogen-bond acceptors (Lipinski definition) is 2. The van der Waals surface area contributed by atoms with Crippen LogP contribution in [0.15, 0.2) is 5.11 Å². The van der Waals surface area contributed by atoms with Gasteiger partial charge in [0.05, 0.1) is 0 Å². The van der Waals surface area contributed by atoms with Gasteiger partial charge in [0.15, 0.2) is 0 Å². The highest BCUT2D eigenvalue weighted by Crippen LogP contribution is 2.35. The molecule has 0 N–H and O–H groups in total. The van der Waals surface area contributed by atoms with Crippen molar-refractivity contribution in [2.24, 2.45) is 17.0 Å². The second-order valence-electron chi connectivity index (χ2n) is 4.52. The summed E-state index contributed by atoms with van der Waals surface area (Å²) in [4.78, 5) is 5.25. The fourth-order valence-electron chi connectivity index (χ4n) is 2.92. The lowest BCUT2D eigenvalue weighted by Crippen LogP contribution is -2.23. The minimum absolute atomic E-state index is 0.635. The third-order valence-corrected chi connectivity index (χ3v) is 3.63. The van der Waals surface area contributed by atoms with E-state index in [0.717, 1.165) is 18.4 Å². The van der Waals surface area contributed by atoms with Crippen LogP contribution in [0.1, 0.15) is 25.7 Å². The van der Waals surface area contributed by atoms with Crippen LogP contribution in [-0.4, -0.2) is 31.1 Å². The number of hydrogen-bond donors (Lipinski definition) is 0. The van der Waals surface area contributed by atoms with E-state index >= 15 is 0 Å². The summed E-state index contributed by atoms with van der Waals surface area (Å²) in [6.45, 7) is 4.07. The van der Waals surface area contributed by atoms with E-state index in [1.807, 2.05) is 0 Å². The van der Waals surface area contributed by atoms with E-state index in [1.165, 1.54) is 38.8 Å². The summed E-state index contributed by atoms with van der Waals surface area (Å²) in [6, 6.07) is 0. The largest absolute Gasteiger partial charge is 0.303 e. The number of nitrogens with zero attached hydrogens (tertiary/aromatic N) is 4. The number of fused-ring (bicyclic) bond motifs is 1. The molecule has 0 aromatic rings. The topological polar surface area (TPSA) is 52.0 Å². The predicted molar refractivity (Wildman–Crippen MR) is 55.9 cm³/mol. The Morgan fingerprint density at radius 1 is 1.21 bits per heavy atom. The van der Waals surface area contributed by atoms with E-state index < -0.39 is 0 Å². The predicted octanol–water partition coefficient (Wildman–Crippen LogP) is 2.42. The second kappa shape index (κ2) is 4.67. The lowest BCUT2D eigenvalue weighted by Gasteiger charge is -2.23. The van der Waals surface area contributed by atoms with Crippen LogP contribution < -0.4 is 0 Å². The van der Waals surface area contributed by atoms with Crippen molar-refractivity contribution in [2.75, 3.05) is 26.2 Å². The molecule has 1 saturated heterocycles. The summed E-state index contributed by atoms with van der Waals surface area (Å²) in [6.07, 6.45) is 5.68. The maximum Gasteiger partial charge on any atom is 0.0385 e. The average molecular weight is 194 g/mol. The Morgan fingerprint density at radius 2 is 1.86 bits per heavy atom. The lowest BCUT2D eigenvalue weighted by molar-refractivity contribution is 0.299. The third kappa shape index (κ3) is 2.20. The maximum atomic E-state index is 8.19. The highest BCUT2D eigenvalue weighted by molar-refractivity contribution is 4.86. The van der Waals surface area contributed by atoms with Crippen LogP contribution in [0.2, 0.25) is 0 Å². The second-order valence-corrected chi connectivity index (χ2v) is 4.52. The number of azide groups is 1. The fraction of sp³-hybridized carbons (Fsp3) is 1.00. The van der Waals surface area contributed by atoms with E-state index in [2.05, 4.69) is 14.9 Å². The van der Waals surface area contributed by atoms with Crippen LogP contribution in [0.4, 0.5) is 0 Å². The van der Waals surface area contributed by atoms with Crippen molar-refractivity contribution >= 4 is 0 Å². The van der Waals surface area contributed by atoms with Crippen LogP contribution in [0, 0.1) is 11.8 Å². The summed E-state index contributed by atoms with van der Waals surface area (Å²) < 4.78 is 0. The van der Waals surface area contributed by atoms with Gasteiger partial charge >= 0.3 is 0 Å². The molecule has 2 atom stereocenters. The third-order valence-electron chi connectivity index (χ3n) is 3.63. The molecule has 1 aliphatic carbocycles. The number of likely N-dealkylation sites (tertiary alicyclic amines) is 1. The molecule has 78 valence electrons. The van der Waals surface area contributed by atoms with Gasteiger partial charge in [-0.3, -0.25) is 0 Å². The van der Waals surface area contributed by atoms with E-state index in [9.17, 15) is 0 Å². The lowest BCUT2D eigenvalue weighted by atomic mass is 9.82. The van der Waals surface area contributed by atoms with Crippen molar-refractivity contribution in [3.63, 3.8) is 0 Å². The minimum atomic E-state index is 0.635. The zero-order valence-electron chi connectivity index (χ0n) is 8.60. The zero-order valence-corrected chi connectivity index (χ0v) is 8.60. The van der Waals surface area contributed by atoms with Crippen molar-refractivity contribution in [3.8, 4) is 0 Å². The van der Waals surface area contributed by atoms with Gasteiger partial charge in [0.25, 0.3) is 0 Å². The normalized spacial score (nSPS) is 32.3. The first-order chi connectivity index (χ1) is 6.90. The summed E-state index contributed by atoms with van der Waals surface area (Å²) in [5, 5.41) is 3.59. The molecule has 1 saturated carbocycles. The molecular formula is C10H18N4. The molecule has 2 aliphatic rings. The molecular weight excluding hydrogens is 176 g/mol. The SMILES string of the molecule is [N-]=[N+]=NCCN1CC2CCCCC2C1. The quantitative estimate of drug-likeness (QED) is 0.386. The van der Waals surface area contributed by atoms with Crippen LogP contribution in [-0.2, 0) is 0 Å². The van der Waals surface area contributed by atoms with Gasteiger partial charge in [-0.1, -0.05) is 18.0 Å². The van der Waals surface area contributed by atoms with Gasteiger partial charge in [-0.05, 0) is 30.2 Å². The Hall–Kier alpha value is -0.730. The monoisotopic (exact) mass is 194 g/mol. The first-order valence-corrected chi connectivity index (χ1v) is 5.63. The van der Waals surface area contributed by atoms with Gasteiger partial charge in [0, 0.05) is 31.1 Å². The molecule has 14 heavy (non-hydrogen) atoms. The average Bonchev–Trinajstić information content (AvgIpc) is 2.60. The first kappa shape index (κ1) is 9.81. The van der Waals surface area contributed by atoms with Gasteiger partial charge in [-0.15, -0.1) is 0 Å². The Bertz CT molecular complexity index is 220. The van der Waals surface area contributed by atoms with E-state index in [-0.39, 0.29) is 0 Å². The van der Waals surface area contributed by atoms with Crippen molar-refractivity contribution in [1.29, 1.82) is 0 Å². The Kier molecular flexibility index (Phi) is 3.27. The molecule has 2 unspecified atom stereocenters. The van der Waals surface area contributed by atoms with Gasteiger partial charge in [-0.2, -0.15) is 0 Å². The summed E-state index contributed by atoms with van der Waals surface area (Å²) in [5.41, 5.74) is 8.19. The molecule has 0 amide bonds. The zero-order chi connectivity index (χ0) is 9.80. The van der Waals surface area contributed by atoms with E-state index in [0.29, 0.717) is 6.54 Å². The van der Waals surface area contributed by atoms with Crippen molar-refractivity contribution in [1.82, 2.24) is 4.90 Å². The first-order valence-electron chi connectivity index (χ1n) is 5.63. The van der Waals surface area contributed by atoms with Crippen LogP contribution in [0.5, 0.6) is 0 Å². The van der Waals surface area contributed by atoms with Gasteiger partial charge in [-0.25, -0.2) is 0 Å². The molecule has 1 aliphatic heterocycles. The maximum absolute atomic E-state index is 8.19. The molecule has 0 aromatic carbocycles. The Labute approximate surface area is 84.9 Å². The molecule has 0 radical (unpaired) electrons. The molecule has 4 nitrogen and oxygen atoms in total. The van der Waals surface area contributed by atoms with Crippen LogP contribution in [0.3, 0.4) is 0 Å². The molecule has 2 fully saturated rings. The Morgan fingerprint density at radius 3 is 2.43 bits per heavy atom. The van der Waals surface area contributed by atoms with Crippen molar-refractivity contribution < 1.29 is 0 Å². The summed E-state index contributed by atoms with van der Waals surface area (Å²) in [5.74, 6) is 1.88. The van der Waals surface area contributed by atoms with E-state index in [4.69, 9.17) is 5.53 Å². The smallest absolute Gasteiger partial charge is 0.0385 e. The Balaban J connectivity index is 1.78. The highest BCUT2D eigenvalue weighted by Gasteiger charge is 2.33. The van der Waals surface area contributed by atoms with Crippen molar-refractivity contribution in [2.45, 2.75) is 25.7 Å². The highest BCUT2D eigenvalue weighted by atomic mass is 15.2.